The minimum absolute atomic E-state index is 0.0632. The molecule has 1 atom stereocenters. The number of nitrogens with zero attached hydrogens (tertiary/aromatic N) is 2. The third-order valence-electron chi connectivity index (χ3n) is 5.27. The van der Waals surface area contributed by atoms with E-state index in [0.717, 1.165) is 34.6 Å². The van der Waals surface area contributed by atoms with Crippen LogP contribution in [0, 0.1) is 12.8 Å². The molecule has 3 N–H and O–H groups in total. The second-order valence-corrected chi connectivity index (χ2v) is 9.03. The average molecular weight is 481 g/mol. The molecule has 0 bridgehead atoms. The van der Waals surface area contributed by atoms with E-state index in [4.69, 9.17) is 16.7 Å². The highest BCUT2D eigenvalue weighted by Crippen LogP contribution is 2.28. The second-order valence-electron chi connectivity index (χ2n) is 8.59. The lowest BCUT2D eigenvalue weighted by atomic mass is 9.99. The van der Waals surface area contributed by atoms with Gasteiger partial charge < -0.3 is 15.7 Å². The van der Waals surface area contributed by atoms with Crippen molar-refractivity contribution in [3.05, 3.63) is 76.7 Å². The zero-order valence-corrected chi connectivity index (χ0v) is 20.3. The molecule has 1 amide bonds. The molecule has 8 heteroatoms. The fraction of sp³-hybridized carbons (Fsp3) is 0.308. The molecule has 3 rings (SSSR count). The van der Waals surface area contributed by atoms with Gasteiger partial charge in [0.1, 0.15) is 0 Å². The van der Waals surface area contributed by atoms with Crippen LogP contribution in [-0.4, -0.2) is 33.5 Å². The number of carbonyl (C=O) groups excluding carboxylic acids is 1. The van der Waals surface area contributed by atoms with Crippen LogP contribution in [0.5, 0.6) is 0 Å². The lowest BCUT2D eigenvalue weighted by Crippen LogP contribution is -2.26. The highest BCUT2D eigenvalue weighted by Gasteiger charge is 2.17. The van der Waals surface area contributed by atoms with Gasteiger partial charge in [0.05, 0.1) is 41.3 Å². The van der Waals surface area contributed by atoms with Crippen LogP contribution in [0.1, 0.15) is 54.3 Å². The summed E-state index contributed by atoms with van der Waals surface area (Å²) in [4.78, 5) is 32.0. The molecule has 0 radical (unpaired) electrons. The number of carboxylic acids is 1. The van der Waals surface area contributed by atoms with Crippen LogP contribution in [0.15, 0.2) is 54.9 Å². The summed E-state index contributed by atoms with van der Waals surface area (Å²) in [6.07, 6.45) is 4.05. The number of aliphatic carboxylic acids is 1. The van der Waals surface area contributed by atoms with Crippen LogP contribution in [-0.2, 0) is 4.79 Å². The van der Waals surface area contributed by atoms with Crippen LogP contribution in [0.2, 0.25) is 5.02 Å². The molecule has 1 aromatic carbocycles. The van der Waals surface area contributed by atoms with Gasteiger partial charge in [0.15, 0.2) is 0 Å². The first-order valence-electron chi connectivity index (χ1n) is 11.2. The number of rotatable bonds is 10. The minimum Gasteiger partial charge on any atom is -0.481 e. The lowest BCUT2D eigenvalue weighted by molar-refractivity contribution is -0.136. The summed E-state index contributed by atoms with van der Waals surface area (Å²) < 4.78 is 0. The van der Waals surface area contributed by atoms with Crippen molar-refractivity contribution in [2.75, 3.05) is 11.9 Å². The Kier molecular flexibility index (Phi) is 8.60. The van der Waals surface area contributed by atoms with Gasteiger partial charge in [-0.25, -0.2) is 0 Å². The van der Waals surface area contributed by atoms with Crippen molar-refractivity contribution in [2.45, 2.75) is 39.7 Å². The number of carboxylic acid groups (broad SMARTS) is 1. The van der Waals surface area contributed by atoms with Crippen molar-refractivity contribution in [1.29, 1.82) is 0 Å². The molecule has 34 heavy (non-hydrogen) atoms. The van der Waals surface area contributed by atoms with Gasteiger partial charge in [0.25, 0.3) is 5.91 Å². The van der Waals surface area contributed by atoms with Gasteiger partial charge in [-0.05, 0) is 55.2 Å². The lowest BCUT2D eigenvalue weighted by Gasteiger charge is -2.22. The average Bonchev–Trinajstić information content (AvgIpc) is 2.79. The summed E-state index contributed by atoms with van der Waals surface area (Å²) in [6, 6.07) is 13.1. The van der Waals surface area contributed by atoms with Gasteiger partial charge in [-0.3, -0.25) is 19.6 Å². The Morgan fingerprint density at radius 2 is 1.79 bits per heavy atom. The van der Waals surface area contributed by atoms with E-state index in [9.17, 15) is 9.59 Å². The molecule has 3 aromatic rings. The van der Waals surface area contributed by atoms with Crippen molar-refractivity contribution in [3.8, 4) is 11.3 Å². The van der Waals surface area contributed by atoms with Crippen LogP contribution in [0.25, 0.3) is 11.3 Å². The first-order valence-corrected chi connectivity index (χ1v) is 11.6. The molecular weight excluding hydrogens is 452 g/mol. The largest absolute Gasteiger partial charge is 0.481 e. The van der Waals surface area contributed by atoms with Gasteiger partial charge in [0.2, 0.25) is 0 Å². The summed E-state index contributed by atoms with van der Waals surface area (Å²) in [7, 11) is 0. The quantitative estimate of drug-likeness (QED) is 0.353. The van der Waals surface area contributed by atoms with Gasteiger partial charge in [-0.2, -0.15) is 0 Å². The Bertz CT molecular complexity index is 1130. The van der Waals surface area contributed by atoms with Crippen molar-refractivity contribution < 1.29 is 14.7 Å². The van der Waals surface area contributed by atoms with Gasteiger partial charge in [-0.1, -0.05) is 37.6 Å². The highest BCUT2D eigenvalue weighted by molar-refractivity contribution is 6.30. The molecule has 7 nitrogen and oxygen atoms in total. The SMILES string of the molecule is Cc1cc(NC(CC(C)C)c2ccc(C(=O)NCCC(=O)O)cn2)cnc1-c1ccc(Cl)cc1. The Hall–Kier alpha value is -3.45. The van der Waals surface area contributed by atoms with Crippen LogP contribution in [0.4, 0.5) is 5.69 Å². The number of hydrogen-bond acceptors (Lipinski definition) is 5. The standard InChI is InChI=1S/C26H29ClN4O3/c1-16(2)12-23(22-9-6-19(14-29-22)26(34)28-11-10-24(32)33)31-21-13-17(3)25(30-15-21)18-4-7-20(27)8-5-18/h4-9,13-16,23,31H,10-12H2,1-3H3,(H,28,34)(H,32,33). The number of aryl methyl sites for hydroxylation is 1. The van der Waals surface area contributed by atoms with Crippen molar-refractivity contribution in [3.63, 3.8) is 0 Å². The monoisotopic (exact) mass is 480 g/mol. The topological polar surface area (TPSA) is 104 Å². The molecule has 0 aliphatic rings. The first-order chi connectivity index (χ1) is 16.2. The predicted octanol–water partition coefficient (Wildman–Crippen LogP) is 5.51. The van der Waals surface area contributed by atoms with E-state index in [0.29, 0.717) is 16.5 Å². The van der Waals surface area contributed by atoms with Crippen LogP contribution >= 0.6 is 11.6 Å². The van der Waals surface area contributed by atoms with Crippen LogP contribution in [0.3, 0.4) is 0 Å². The van der Waals surface area contributed by atoms with Gasteiger partial charge >= 0.3 is 5.97 Å². The van der Waals surface area contributed by atoms with E-state index >= 15 is 0 Å². The van der Waals surface area contributed by atoms with Crippen molar-refractivity contribution in [2.24, 2.45) is 5.92 Å². The van der Waals surface area contributed by atoms with Gasteiger partial charge in [0, 0.05) is 23.3 Å². The normalized spacial score (nSPS) is 11.8. The van der Waals surface area contributed by atoms with Crippen LogP contribution < -0.4 is 10.6 Å². The number of anilines is 1. The summed E-state index contributed by atoms with van der Waals surface area (Å²) in [5, 5.41) is 15.5. The number of aromatic nitrogens is 2. The zero-order chi connectivity index (χ0) is 24.7. The van der Waals surface area contributed by atoms with E-state index < -0.39 is 5.97 Å². The Morgan fingerprint density at radius 3 is 2.38 bits per heavy atom. The molecule has 0 saturated heterocycles. The van der Waals surface area contributed by atoms with E-state index in [1.54, 1.807) is 6.07 Å². The van der Waals surface area contributed by atoms with Gasteiger partial charge in [-0.15, -0.1) is 0 Å². The second kappa shape index (κ2) is 11.6. The third-order valence-corrected chi connectivity index (χ3v) is 5.53. The number of carbonyl (C=O) groups is 2. The summed E-state index contributed by atoms with van der Waals surface area (Å²) in [5.41, 5.74) is 5.04. The number of halogens is 1. The Morgan fingerprint density at radius 1 is 1.06 bits per heavy atom. The maximum absolute atomic E-state index is 12.2. The van der Waals surface area contributed by atoms with Crippen molar-refractivity contribution in [1.82, 2.24) is 15.3 Å². The number of amides is 1. The summed E-state index contributed by atoms with van der Waals surface area (Å²) in [6.45, 7) is 6.39. The summed E-state index contributed by atoms with van der Waals surface area (Å²) >= 11 is 6.00. The molecule has 0 spiro atoms. The Balaban J connectivity index is 1.74. The number of hydrogen-bond donors (Lipinski definition) is 3. The zero-order valence-electron chi connectivity index (χ0n) is 19.5. The number of benzene rings is 1. The highest BCUT2D eigenvalue weighted by atomic mass is 35.5. The smallest absolute Gasteiger partial charge is 0.305 e. The molecule has 0 aliphatic heterocycles. The summed E-state index contributed by atoms with van der Waals surface area (Å²) in [5.74, 6) is -0.880. The molecule has 1 unspecified atom stereocenters. The molecule has 178 valence electrons. The Labute approximate surface area is 204 Å². The molecule has 2 heterocycles. The maximum atomic E-state index is 12.2. The van der Waals surface area contributed by atoms with E-state index in [1.165, 1.54) is 6.20 Å². The van der Waals surface area contributed by atoms with Crippen molar-refractivity contribution >= 4 is 29.2 Å². The van der Waals surface area contributed by atoms with E-state index in [2.05, 4.69) is 40.5 Å². The minimum atomic E-state index is -0.956. The van der Waals surface area contributed by atoms with E-state index in [-0.39, 0.29) is 24.9 Å². The first kappa shape index (κ1) is 25.2. The molecule has 0 aliphatic carbocycles. The number of nitrogens with one attached hydrogen (secondary N) is 2. The third kappa shape index (κ3) is 7.02. The molecule has 2 aromatic heterocycles. The molecular formula is C26H29ClN4O3. The fourth-order valence-electron chi connectivity index (χ4n) is 3.62. The van der Waals surface area contributed by atoms with E-state index in [1.807, 2.05) is 43.5 Å². The fourth-order valence-corrected chi connectivity index (χ4v) is 3.75. The molecule has 0 fully saturated rings. The molecule has 0 saturated carbocycles. The predicted molar refractivity (Wildman–Crippen MR) is 134 cm³/mol. The number of pyridine rings is 2. The maximum Gasteiger partial charge on any atom is 0.305 e.